The number of hydrogen-bond acceptors (Lipinski definition) is 4. The second-order valence-electron chi connectivity index (χ2n) is 5.60. The second kappa shape index (κ2) is 6.80. The Balaban J connectivity index is 1.91. The van der Waals surface area contributed by atoms with Gasteiger partial charge in [-0.2, -0.15) is 11.8 Å². The number of thioether (sulfide) groups is 1. The largest absolute Gasteiger partial charge is 0.329 e. The molecule has 1 aliphatic rings. The molecule has 0 aromatic carbocycles. The highest BCUT2D eigenvalue weighted by molar-refractivity contribution is 8.00. The van der Waals surface area contributed by atoms with Gasteiger partial charge in [0.25, 0.3) is 0 Å². The molecule has 0 saturated carbocycles. The van der Waals surface area contributed by atoms with Crippen molar-refractivity contribution in [3.63, 3.8) is 0 Å². The molecule has 0 unspecified atom stereocenters. The minimum absolute atomic E-state index is 0.0201. The lowest BCUT2D eigenvalue weighted by atomic mass is 10.1. The Kier molecular flexibility index (Phi) is 5.32. The Morgan fingerprint density at radius 2 is 2.25 bits per heavy atom. The van der Waals surface area contributed by atoms with Crippen LogP contribution in [0.4, 0.5) is 4.79 Å². The van der Waals surface area contributed by atoms with Crippen LogP contribution in [0.1, 0.15) is 37.5 Å². The van der Waals surface area contributed by atoms with Crippen LogP contribution >= 0.6 is 23.1 Å². The molecular formula is C14H23N3OS2. The highest BCUT2D eigenvalue weighted by Crippen LogP contribution is 2.25. The quantitative estimate of drug-likeness (QED) is 0.931. The van der Waals surface area contributed by atoms with E-state index in [-0.39, 0.29) is 12.1 Å². The number of aryl methyl sites for hydroxylation is 1. The van der Waals surface area contributed by atoms with Gasteiger partial charge >= 0.3 is 6.03 Å². The van der Waals surface area contributed by atoms with E-state index in [1.165, 1.54) is 0 Å². The third-order valence-corrected chi connectivity index (χ3v) is 6.16. The van der Waals surface area contributed by atoms with E-state index < -0.39 is 0 Å². The van der Waals surface area contributed by atoms with Crippen LogP contribution in [-0.4, -0.2) is 40.0 Å². The molecule has 1 saturated heterocycles. The molecule has 2 heterocycles. The smallest absolute Gasteiger partial charge is 0.318 e. The zero-order valence-electron chi connectivity index (χ0n) is 12.5. The van der Waals surface area contributed by atoms with E-state index in [1.54, 1.807) is 11.3 Å². The standard InChI is InChI=1S/C14H23N3OS2/c1-9(2)12-7-17(5-6-19-12)14(18)16-11(4)13-15-10(3)8-20-13/h8-9,11-12H,5-7H2,1-4H3,(H,16,18)/t11-,12-/m0/s1. The van der Waals surface area contributed by atoms with Gasteiger partial charge in [0.05, 0.1) is 6.04 Å². The van der Waals surface area contributed by atoms with Crippen molar-refractivity contribution in [2.75, 3.05) is 18.8 Å². The van der Waals surface area contributed by atoms with Crippen LogP contribution in [0.3, 0.4) is 0 Å². The van der Waals surface area contributed by atoms with Crippen molar-refractivity contribution >= 4 is 29.1 Å². The van der Waals surface area contributed by atoms with Gasteiger partial charge in [-0.15, -0.1) is 11.3 Å². The maximum absolute atomic E-state index is 12.3. The molecule has 0 bridgehead atoms. The Labute approximate surface area is 129 Å². The van der Waals surface area contributed by atoms with Crippen LogP contribution in [0.15, 0.2) is 5.38 Å². The number of carbonyl (C=O) groups is 1. The van der Waals surface area contributed by atoms with Gasteiger partial charge < -0.3 is 10.2 Å². The van der Waals surface area contributed by atoms with Gasteiger partial charge in [-0.25, -0.2) is 9.78 Å². The number of nitrogens with zero attached hydrogens (tertiary/aromatic N) is 2. The van der Waals surface area contributed by atoms with Crippen LogP contribution in [-0.2, 0) is 0 Å². The Morgan fingerprint density at radius 3 is 2.85 bits per heavy atom. The van der Waals surface area contributed by atoms with Gasteiger partial charge in [0.15, 0.2) is 0 Å². The van der Waals surface area contributed by atoms with Gasteiger partial charge in [0, 0.05) is 35.2 Å². The van der Waals surface area contributed by atoms with Crippen LogP contribution in [0.2, 0.25) is 0 Å². The maximum atomic E-state index is 12.3. The number of rotatable bonds is 3. The molecule has 0 radical (unpaired) electrons. The first-order valence-corrected chi connectivity index (χ1v) is 8.99. The van der Waals surface area contributed by atoms with Crippen molar-refractivity contribution in [2.24, 2.45) is 5.92 Å². The Morgan fingerprint density at radius 1 is 1.50 bits per heavy atom. The lowest BCUT2D eigenvalue weighted by Crippen LogP contribution is -2.48. The fourth-order valence-electron chi connectivity index (χ4n) is 2.17. The average molecular weight is 313 g/mol. The van der Waals surface area contributed by atoms with Crippen LogP contribution in [0.25, 0.3) is 0 Å². The van der Waals surface area contributed by atoms with E-state index in [4.69, 9.17) is 0 Å². The normalized spacial score (nSPS) is 21.1. The van der Waals surface area contributed by atoms with Gasteiger partial charge in [0.2, 0.25) is 0 Å². The number of nitrogens with one attached hydrogen (secondary N) is 1. The predicted octanol–water partition coefficient (Wildman–Crippen LogP) is 3.30. The summed E-state index contributed by atoms with van der Waals surface area (Å²) in [6.07, 6.45) is 0. The molecule has 0 spiro atoms. The highest BCUT2D eigenvalue weighted by atomic mass is 32.2. The van der Waals surface area contributed by atoms with E-state index in [1.807, 2.05) is 35.9 Å². The van der Waals surface area contributed by atoms with Crippen molar-refractivity contribution in [1.29, 1.82) is 0 Å². The lowest BCUT2D eigenvalue weighted by molar-refractivity contribution is 0.194. The average Bonchev–Trinajstić information content (AvgIpc) is 2.85. The molecule has 112 valence electrons. The second-order valence-corrected chi connectivity index (χ2v) is 7.83. The summed E-state index contributed by atoms with van der Waals surface area (Å²) >= 11 is 3.58. The minimum Gasteiger partial charge on any atom is -0.329 e. The van der Waals surface area contributed by atoms with Crippen molar-refractivity contribution in [1.82, 2.24) is 15.2 Å². The molecule has 2 atom stereocenters. The van der Waals surface area contributed by atoms with E-state index >= 15 is 0 Å². The van der Waals surface area contributed by atoms with E-state index in [0.29, 0.717) is 11.2 Å². The summed E-state index contributed by atoms with van der Waals surface area (Å²) in [4.78, 5) is 18.7. The summed E-state index contributed by atoms with van der Waals surface area (Å²) in [5.41, 5.74) is 1.01. The van der Waals surface area contributed by atoms with Gasteiger partial charge in [0.1, 0.15) is 5.01 Å². The summed E-state index contributed by atoms with van der Waals surface area (Å²) in [6.45, 7) is 10.1. The topological polar surface area (TPSA) is 45.2 Å². The zero-order valence-corrected chi connectivity index (χ0v) is 14.2. The first-order valence-electron chi connectivity index (χ1n) is 7.06. The number of amides is 2. The summed E-state index contributed by atoms with van der Waals surface area (Å²) in [5, 5.41) is 6.61. The molecule has 1 aliphatic heterocycles. The molecule has 1 fully saturated rings. The Hall–Kier alpha value is -0.750. The number of aromatic nitrogens is 1. The monoisotopic (exact) mass is 313 g/mol. The molecule has 1 N–H and O–H groups in total. The molecule has 6 heteroatoms. The summed E-state index contributed by atoms with van der Waals surface area (Å²) in [6, 6.07) is 0.0181. The SMILES string of the molecule is Cc1csc([C@H](C)NC(=O)N2CCS[C@H](C(C)C)C2)n1. The molecule has 0 aliphatic carbocycles. The van der Waals surface area contributed by atoms with Crippen molar-refractivity contribution in [3.8, 4) is 0 Å². The molecule has 4 nitrogen and oxygen atoms in total. The zero-order chi connectivity index (χ0) is 14.7. The van der Waals surface area contributed by atoms with Crippen molar-refractivity contribution < 1.29 is 4.79 Å². The minimum atomic E-state index is -0.0201. The molecular weight excluding hydrogens is 290 g/mol. The Bertz CT molecular complexity index is 461. The van der Waals surface area contributed by atoms with Crippen LogP contribution in [0, 0.1) is 12.8 Å². The number of hydrogen-bond donors (Lipinski definition) is 1. The van der Waals surface area contributed by atoms with Gasteiger partial charge in [-0.3, -0.25) is 0 Å². The highest BCUT2D eigenvalue weighted by Gasteiger charge is 2.27. The van der Waals surface area contributed by atoms with E-state index in [9.17, 15) is 4.79 Å². The molecule has 1 aromatic rings. The van der Waals surface area contributed by atoms with Crippen molar-refractivity contribution in [2.45, 2.75) is 39.0 Å². The van der Waals surface area contributed by atoms with Crippen LogP contribution in [0.5, 0.6) is 0 Å². The number of urea groups is 1. The third kappa shape index (κ3) is 3.88. The summed E-state index contributed by atoms with van der Waals surface area (Å²) < 4.78 is 0. The number of carbonyl (C=O) groups excluding carboxylic acids is 1. The first-order chi connectivity index (χ1) is 9.47. The maximum Gasteiger partial charge on any atom is 0.318 e. The fraction of sp³-hybridized carbons (Fsp3) is 0.714. The molecule has 2 rings (SSSR count). The van der Waals surface area contributed by atoms with E-state index in [2.05, 4.69) is 24.1 Å². The van der Waals surface area contributed by atoms with Crippen LogP contribution < -0.4 is 5.32 Å². The lowest BCUT2D eigenvalue weighted by Gasteiger charge is -2.34. The molecule has 1 aromatic heterocycles. The van der Waals surface area contributed by atoms with Gasteiger partial charge in [-0.05, 0) is 19.8 Å². The number of thiazole rings is 1. The summed E-state index contributed by atoms with van der Waals surface area (Å²) in [7, 11) is 0. The van der Waals surface area contributed by atoms with E-state index in [0.717, 1.165) is 29.5 Å². The predicted molar refractivity (Wildman–Crippen MR) is 86.5 cm³/mol. The third-order valence-electron chi connectivity index (χ3n) is 3.47. The summed E-state index contributed by atoms with van der Waals surface area (Å²) in [5.74, 6) is 1.63. The molecule has 2 amide bonds. The van der Waals surface area contributed by atoms with Crippen molar-refractivity contribution in [3.05, 3.63) is 16.1 Å². The van der Waals surface area contributed by atoms with Gasteiger partial charge in [-0.1, -0.05) is 13.8 Å². The fourth-order valence-corrected chi connectivity index (χ4v) is 4.28. The first kappa shape index (κ1) is 15.6. The molecule has 20 heavy (non-hydrogen) atoms.